The molecule has 0 aliphatic carbocycles. The van der Waals surface area contributed by atoms with Gasteiger partial charge in [-0.1, -0.05) is 6.42 Å². The Morgan fingerprint density at radius 1 is 1.20 bits per heavy atom. The second kappa shape index (κ2) is 2.26. The fourth-order valence-electron chi connectivity index (χ4n) is 1.99. The first-order valence-electron chi connectivity index (χ1n) is 4.17. The number of nitrogens with zero attached hydrogens (tertiary/aromatic N) is 1. The number of amides is 1. The zero-order chi connectivity index (χ0) is 6.97. The molecule has 0 aromatic rings. The van der Waals surface area contributed by atoms with Gasteiger partial charge in [-0.15, -0.1) is 0 Å². The van der Waals surface area contributed by atoms with Crippen molar-refractivity contribution in [1.29, 1.82) is 0 Å². The number of hydrogen-bond acceptors (Lipinski definition) is 1. The van der Waals surface area contributed by atoms with E-state index in [-0.39, 0.29) is 0 Å². The van der Waals surface area contributed by atoms with Gasteiger partial charge in [0.2, 0.25) is 5.91 Å². The van der Waals surface area contributed by atoms with Crippen LogP contribution in [0.2, 0.25) is 0 Å². The number of hydrogen-bond donors (Lipinski definition) is 0. The molecule has 2 rings (SSSR count). The summed E-state index contributed by atoms with van der Waals surface area (Å²) in [7, 11) is 0. The molecule has 10 heavy (non-hydrogen) atoms. The zero-order valence-electron chi connectivity index (χ0n) is 6.18. The Bertz CT molecular complexity index is 139. The van der Waals surface area contributed by atoms with Gasteiger partial charge in [-0.3, -0.25) is 4.79 Å². The maximum absolute atomic E-state index is 11.3. The molecule has 2 heterocycles. The Balaban J connectivity index is 2.14. The molecule has 2 bridgehead atoms. The van der Waals surface area contributed by atoms with E-state index in [0.29, 0.717) is 11.8 Å². The Morgan fingerprint density at radius 3 is 3.00 bits per heavy atom. The van der Waals surface area contributed by atoms with Gasteiger partial charge in [0.1, 0.15) is 0 Å². The van der Waals surface area contributed by atoms with Gasteiger partial charge in [0.15, 0.2) is 0 Å². The third kappa shape index (κ3) is 0.825. The van der Waals surface area contributed by atoms with Crippen LogP contribution in [0.15, 0.2) is 0 Å². The topological polar surface area (TPSA) is 20.3 Å². The second-order valence-corrected chi connectivity index (χ2v) is 3.31. The molecule has 1 atom stereocenters. The molecule has 2 saturated heterocycles. The molecule has 0 aromatic heterocycles. The van der Waals surface area contributed by atoms with Gasteiger partial charge < -0.3 is 4.90 Å². The molecule has 2 heteroatoms. The summed E-state index contributed by atoms with van der Waals surface area (Å²) >= 11 is 0. The van der Waals surface area contributed by atoms with Crippen LogP contribution >= 0.6 is 0 Å². The summed E-state index contributed by atoms with van der Waals surface area (Å²) in [6.07, 6.45) is 4.75. The smallest absolute Gasteiger partial charge is 0.225 e. The highest BCUT2D eigenvalue weighted by Crippen LogP contribution is 2.26. The molecule has 0 radical (unpaired) electrons. The molecular formula is C8H13NO. The maximum Gasteiger partial charge on any atom is 0.225 e. The molecule has 0 aromatic carbocycles. The van der Waals surface area contributed by atoms with E-state index in [2.05, 4.69) is 0 Å². The summed E-state index contributed by atoms with van der Waals surface area (Å²) in [6, 6.07) is 0. The highest BCUT2D eigenvalue weighted by Gasteiger charge is 2.32. The summed E-state index contributed by atoms with van der Waals surface area (Å²) in [5, 5.41) is 0. The van der Waals surface area contributed by atoms with Crippen LogP contribution in [0.4, 0.5) is 0 Å². The van der Waals surface area contributed by atoms with Crippen LogP contribution < -0.4 is 0 Å². The highest BCUT2D eigenvalue weighted by atomic mass is 16.2. The average molecular weight is 139 g/mol. The van der Waals surface area contributed by atoms with E-state index in [4.69, 9.17) is 0 Å². The molecule has 0 spiro atoms. The first-order chi connectivity index (χ1) is 4.88. The van der Waals surface area contributed by atoms with Crippen molar-refractivity contribution in [3.05, 3.63) is 0 Å². The molecule has 2 aliphatic rings. The van der Waals surface area contributed by atoms with Crippen molar-refractivity contribution in [2.45, 2.75) is 25.7 Å². The third-order valence-corrected chi connectivity index (χ3v) is 2.64. The molecular weight excluding hydrogens is 126 g/mol. The minimum atomic E-state index is 0.405. The fraction of sp³-hybridized carbons (Fsp3) is 0.875. The van der Waals surface area contributed by atoms with E-state index in [9.17, 15) is 4.79 Å². The molecule has 2 aliphatic heterocycles. The zero-order valence-corrected chi connectivity index (χ0v) is 6.18. The standard InChI is InChI=1S/C8H13NO/c10-8-7-3-1-2-5-9(8)6-4-7/h7H,1-6H2. The number of carbonyl (C=O) groups excluding carboxylic acids is 1. The molecule has 56 valence electrons. The average Bonchev–Trinajstić information content (AvgIpc) is 2.06. The Labute approximate surface area is 61.2 Å². The predicted molar refractivity (Wildman–Crippen MR) is 38.5 cm³/mol. The van der Waals surface area contributed by atoms with Crippen molar-refractivity contribution in [2.75, 3.05) is 13.1 Å². The number of fused-ring (bicyclic) bond motifs is 2. The third-order valence-electron chi connectivity index (χ3n) is 2.64. The predicted octanol–water partition coefficient (Wildman–Crippen LogP) is 1.02. The summed E-state index contributed by atoms with van der Waals surface area (Å²) in [4.78, 5) is 13.4. The normalized spacial score (nSPS) is 32.6. The lowest BCUT2D eigenvalue weighted by molar-refractivity contribution is -0.130. The Morgan fingerprint density at radius 2 is 2.10 bits per heavy atom. The highest BCUT2D eigenvalue weighted by molar-refractivity contribution is 5.81. The van der Waals surface area contributed by atoms with E-state index in [1.807, 2.05) is 4.90 Å². The van der Waals surface area contributed by atoms with Crippen LogP contribution in [0.5, 0.6) is 0 Å². The summed E-state index contributed by atoms with van der Waals surface area (Å²) in [6.45, 7) is 2.05. The lowest BCUT2D eigenvalue weighted by Crippen LogP contribution is -2.26. The van der Waals surface area contributed by atoms with Crippen molar-refractivity contribution in [3.8, 4) is 0 Å². The van der Waals surface area contributed by atoms with Crippen LogP contribution in [0, 0.1) is 5.92 Å². The maximum atomic E-state index is 11.3. The molecule has 0 saturated carbocycles. The molecule has 2 fully saturated rings. The second-order valence-electron chi connectivity index (χ2n) is 3.31. The molecule has 0 N–H and O–H groups in total. The van der Waals surface area contributed by atoms with E-state index in [1.54, 1.807) is 0 Å². The van der Waals surface area contributed by atoms with Gasteiger partial charge in [-0.2, -0.15) is 0 Å². The SMILES string of the molecule is O=C1C2CCCCN1CC2. The fourth-order valence-corrected chi connectivity index (χ4v) is 1.99. The lowest BCUT2D eigenvalue weighted by atomic mass is 10.0. The van der Waals surface area contributed by atoms with Gasteiger partial charge in [-0.05, 0) is 19.3 Å². The van der Waals surface area contributed by atoms with Crippen LogP contribution in [-0.2, 0) is 4.79 Å². The van der Waals surface area contributed by atoms with Crippen molar-refractivity contribution in [3.63, 3.8) is 0 Å². The van der Waals surface area contributed by atoms with Gasteiger partial charge in [-0.25, -0.2) is 0 Å². The van der Waals surface area contributed by atoms with E-state index < -0.39 is 0 Å². The van der Waals surface area contributed by atoms with Crippen LogP contribution in [0.25, 0.3) is 0 Å². The Hall–Kier alpha value is -0.530. The quantitative estimate of drug-likeness (QED) is 0.490. The summed E-state index contributed by atoms with van der Waals surface area (Å²) in [5.74, 6) is 0.833. The van der Waals surface area contributed by atoms with Crippen LogP contribution in [0.3, 0.4) is 0 Å². The monoisotopic (exact) mass is 139 g/mol. The van der Waals surface area contributed by atoms with E-state index in [0.717, 1.165) is 25.9 Å². The van der Waals surface area contributed by atoms with Gasteiger partial charge in [0, 0.05) is 19.0 Å². The Kier molecular flexibility index (Phi) is 1.40. The molecule has 2 nitrogen and oxygen atoms in total. The molecule has 1 unspecified atom stereocenters. The van der Waals surface area contributed by atoms with Gasteiger partial charge >= 0.3 is 0 Å². The van der Waals surface area contributed by atoms with Crippen molar-refractivity contribution < 1.29 is 4.79 Å². The van der Waals surface area contributed by atoms with Gasteiger partial charge in [0.25, 0.3) is 0 Å². The first kappa shape index (κ1) is 6.20. The van der Waals surface area contributed by atoms with Gasteiger partial charge in [0.05, 0.1) is 0 Å². The largest absolute Gasteiger partial charge is 0.342 e. The lowest BCUT2D eigenvalue weighted by Gasteiger charge is -2.12. The number of carbonyl (C=O) groups is 1. The molecule has 1 amide bonds. The van der Waals surface area contributed by atoms with E-state index in [1.165, 1.54) is 12.8 Å². The van der Waals surface area contributed by atoms with Crippen LogP contribution in [-0.4, -0.2) is 23.9 Å². The number of rotatable bonds is 0. The van der Waals surface area contributed by atoms with Crippen molar-refractivity contribution >= 4 is 5.91 Å². The van der Waals surface area contributed by atoms with Crippen molar-refractivity contribution in [2.24, 2.45) is 5.92 Å². The summed E-state index contributed by atoms with van der Waals surface area (Å²) < 4.78 is 0. The van der Waals surface area contributed by atoms with Crippen LogP contribution in [0.1, 0.15) is 25.7 Å². The summed E-state index contributed by atoms with van der Waals surface area (Å²) in [5.41, 5.74) is 0. The minimum Gasteiger partial charge on any atom is -0.342 e. The minimum absolute atomic E-state index is 0.405. The van der Waals surface area contributed by atoms with E-state index >= 15 is 0 Å². The van der Waals surface area contributed by atoms with Crippen molar-refractivity contribution in [1.82, 2.24) is 4.90 Å². The first-order valence-corrected chi connectivity index (χ1v) is 4.17.